The van der Waals surface area contributed by atoms with Crippen LogP contribution in [0.1, 0.15) is 23.1 Å². The van der Waals surface area contributed by atoms with Crippen LogP contribution in [0.4, 0.5) is 0 Å². The van der Waals surface area contributed by atoms with Crippen molar-refractivity contribution in [3.8, 4) is 0 Å². The van der Waals surface area contributed by atoms with E-state index in [1.165, 1.54) is 40.2 Å². The first-order chi connectivity index (χ1) is 9.26. The second-order valence-corrected chi connectivity index (χ2v) is 6.84. The van der Waals surface area contributed by atoms with Crippen LogP contribution in [0.3, 0.4) is 0 Å². The molecular formula is C16H16BrNS. The molecule has 2 N–H and O–H groups in total. The number of nitrogens with two attached hydrogens (primary N) is 1. The zero-order valence-corrected chi connectivity index (χ0v) is 13.1. The van der Waals surface area contributed by atoms with Crippen molar-refractivity contribution in [2.24, 2.45) is 5.73 Å². The lowest BCUT2D eigenvalue weighted by atomic mass is 10.1. The lowest BCUT2D eigenvalue weighted by molar-refractivity contribution is 0.911. The zero-order chi connectivity index (χ0) is 13.2. The van der Waals surface area contributed by atoms with Gasteiger partial charge in [-0.2, -0.15) is 0 Å². The molecule has 3 heteroatoms. The molecule has 0 unspecified atom stereocenters. The van der Waals surface area contributed by atoms with E-state index in [2.05, 4.69) is 52.3 Å². The molecule has 0 saturated heterocycles. The molecule has 2 aromatic carbocycles. The van der Waals surface area contributed by atoms with Crippen molar-refractivity contribution in [2.45, 2.75) is 35.6 Å². The van der Waals surface area contributed by atoms with Crippen molar-refractivity contribution in [2.75, 3.05) is 0 Å². The van der Waals surface area contributed by atoms with Crippen molar-refractivity contribution >= 4 is 27.7 Å². The van der Waals surface area contributed by atoms with Gasteiger partial charge in [-0.05, 0) is 60.2 Å². The van der Waals surface area contributed by atoms with Crippen molar-refractivity contribution in [1.29, 1.82) is 0 Å². The predicted octanol–water partition coefficient (Wildman–Crippen LogP) is 4.55. The number of hydrogen-bond acceptors (Lipinski definition) is 2. The Morgan fingerprint density at radius 1 is 1.00 bits per heavy atom. The van der Waals surface area contributed by atoms with Gasteiger partial charge in [-0.15, -0.1) is 0 Å². The minimum atomic E-state index is 0.574. The topological polar surface area (TPSA) is 26.0 Å². The van der Waals surface area contributed by atoms with Gasteiger partial charge < -0.3 is 5.73 Å². The highest BCUT2D eigenvalue weighted by molar-refractivity contribution is 9.10. The number of hydrogen-bond donors (Lipinski definition) is 1. The van der Waals surface area contributed by atoms with Crippen LogP contribution in [0.25, 0.3) is 0 Å². The van der Waals surface area contributed by atoms with Gasteiger partial charge in [-0.25, -0.2) is 0 Å². The summed E-state index contributed by atoms with van der Waals surface area (Å²) >= 11 is 5.39. The number of aryl methyl sites for hydroxylation is 2. The first-order valence-electron chi connectivity index (χ1n) is 6.54. The van der Waals surface area contributed by atoms with Crippen LogP contribution < -0.4 is 5.73 Å². The minimum absolute atomic E-state index is 0.574. The number of benzene rings is 2. The van der Waals surface area contributed by atoms with E-state index in [1.54, 1.807) is 0 Å². The highest BCUT2D eigenvalue weighted by Gasteiger charge is 2.11. The van der Waals surface area contributed by atoms with Crippen LogP contribution in [0.2, 0.25) is 0 Å². The van der Waals surface area contributed by atoms with E-state index in [4.69, 9.17) is 5.73 Å². The van der Waals surface area contributed by atoms with Gasteiger partial charge in [-0.1, -0.05) is 39.8 Å². The molecule has 0 aliphatic heterocycles. The Bertz CT molecular complexity index is 610. The largest absolute Gasteiger partial charge is 0.326 e. The van der Waals surface area contributed by atoms with Crippen molar-refractivity contribution in [1.82, 2.24) is 0 Å². The smallest absolute Gasteiger partial charge is 0.0231 e. The molecule has 1 aliphatic carbocycles. The molecule has 0 saturated carbocycles. The summed E-state index contributed by atoms with van der Waals surface area (Å²) in [5.74, 6) is 0. The number of fused-ring (bicyclic) bond motifs is 1. The van der Waals surface area contributed by atoms with Gasteiger partial charge in [0.2, 0.25) is 0 Å². The molecule has 0 aromatic heterocycles. The molecule has 0 amide bonds. The number of halogens is 1. The van der Waals surface area contributed by atoms with E-state index >= 15 is 0 Å². The summed E-state index contributed by atoms with van der Waals surface area (Å²) < 4.78 is 1.10. The van der Waals surface area contributed by atoms with Gasteiger partial charge >= 0.3 is 0 Å². The third kappa shape index (κ3) is 2.88. The fourth-order valence-corrected chi connectivity index (χ4v) is 4.12. The van der Waals surface area contributed by atoms with Gasteiger partial charge in [0.15, 0.2) is 0 Å². The van der Waals surface area contributed by atoms with E-state index in [0.717, 1.165) is 10.0 Å². The minimum Gasteiger partial charge on any atom is -0.326 e. The molecule has 0 heterocycles. The lowest BCUT2D eigenvalue weighted by Gasteiger charge is -2.07. The highest BCUT2D eigenvalue weighted by Crippen LogP contribution is 2.33. The molecule has 98 valence electrons. The monoisotopic (exact) mass is 333 g/mol. The summed E-state index contributed by atoms with van der Waals surface area (Å²) in [5.41, 5.74) is 9.89. The third-order valence-electron chi connectivity index (χ3n) is 3.55. The Labute approximate surface area is 126 Å². The molecule has 3 rings (SSSR count). The van der Waals surface area contributed by atoms with Crippen LogP contribution in [-0.2, 0) is 19.4 Å². The van der Waals surface area contributed by atoms with Crippen molar-refractivity contribution < 1.29 is 0 Å². The SMILES string of the molecule is NCc1ccc(Sc2ccc3c(c2)CCC3)cc1Br. The molecule has 0 fully saturated rings. The summed E-state index contributed by atoms with van der Waals surface area (Å²) in [5, 5.41) is 0. The molecule has 2 aromatic rings. The standard InChI is InChI=1S/C16H16BrNS/c17-16-9-15(7-5-13(16)10-18)19-14-6-4-11-2-1-3-12(11)8-14/h4-9H,1-3,10,18H2. The van der Waals surface area contributed by atoms with E-state index in [0.29, 0.717) is 6.54 Å². The molecule has 19 heavy (non-hydrogen) atoms. The maximum absolute atomic E-state index is 5.68. The molecule has 1 nitrogen and oxygen atoms in total. The highest BCUT2D eigenvalue weighted by atomic mass is 79.9. The Morgan fingerprint density at radius 3 is 2.53 bits per heavy atom. The van der Waals surface area contributed by atoms with Gasteiger partial charge in [0.25, 0.3) is 0 Å². The molecule has 0 spiro atoms. The molecule has 0 bridgehead atoms. The first-order valence-corrected chi connectivity index (χ1v) is 8.15. The average molecular weight is 334 g/mol. The van der Waals surface area contributed by atoms with Crippen LogP contribution in [0.5, 0.6) is 0 Å². The third-order valence-corrected chi connectivity index (χ3v) is 5.27. The quantitative estimate of drug-likeness (QED) is 0.891. The van der Waals surface area contributed by atoms with Gasteiger partial charge in [0.05, 0.1) is 0 Å². The van der Waals surface area contributed by atoms with Crippen LogP contribution in [-0.4, -0.2) is 0 Å². The van der Waals surface area contributed by atoms with E-state index in [1.807, 2.05) is 11.8 Å². The molecule has 0 radical (unpaired) electrons. The average Bonchev–Trinajstić information content (AvgIpc) is 2.86. The fraction of sp³-hybridized carbons (Fsp3) is 0.250. The fourth-order valence-electron chi connectivity index (χ4n) is 2.50. The van der Waals surface area contributed by atoms with Crippen LogP contribution in [0, 0.1) is 0 Å². The summed E-state index contributed by atoms with van der Waals surface area (Å²) in [4.78, 5) is 2.58. The summed E-state index contributed by atoms with van der Waals surface area (Å²) in [6.45, 7) is 0.574. The van der Waals surface area contributed by atoms with E-state index in [9.17, 15) is 0 Å². The van der Waals surface area contributed by atoms with Gasteiger partial charge in [0.1, 0.15) is 0 Å². The summed E-state index contributed by atoms with van der Waals surface area (Å²) in [6.07, 6.45) is 3.79. The first kappa shape index (κ1) is 13.2. The van der Waals surface area contributed by atoms with Gasteiger partial charge in [0, 0.05) is 20.8 Å². The normalized spacial score (nSPS) is 13.6. The Morgan fingerprint density at radius 2 is 1.74 bits per heavy atom. The van der Waals surface area contributed by atoms with Crippen molar-refractivity contribution in [3.05, 3.63) is 57.6 Å². The zero-order valence-electron chi connectivity index (χ0n) is 10.7. The Kier molecular flexibility index (Phi) is 3.96. The Balaban J connectivity index is 1.83. The number of rotatable bonds is 3. The van der Waals surface area contributed by atoms with Gasteiger partial charge in [-0.3, -0.25) is 0 Å². The maximum atomic E-state index is 5.68. The lowest BCUT2D eigenvalue weighted by Crippen LogP contribution is -1.96. The summed E-state index contributed by atoms with van der Waals surface area (Å²) in [6, 6.07) is 13.3. The second kappa shape index (κ2) is 5.70. The van der Waals surface area contributed by atoms with Crippen LogP contribution >= 0.6 is 27.7 Å². The molecule has 0 atom stereocenters. The maximum Gasteiger partial charge on any atom is 0.0231 e. The molecular weight excluding hydrogens is 318 g/mol. The predicted molar refractivity (Wildman–Crippen MR) is 84.6 cm³/mol. The Hall–Kier alpha value is -0.770. The van der Waals surface area contributed by atoms with Crippen molar-refractivity contribution in [3.63, 3.8) is 0 Å². The second-order valence-electron chi connectivity index (χ2n) is 4.84. The molecule has 1 aliphatic rings. The summed E-state index contributed by atoms with van der Waals surface area (Å²) in [7, 11) is 0. The van der Waals surface area contributed by atoms with E-state index in [-0.39, 0.29) is 0 Å². The van der Waals surface area contributed by atoms with Crippen LogP contribution in [0.15, 0.2) is 50.7 Å². The van der Waals surface area contributed by atoms with E-state index < -0.39 is 0 Å².